The van der Waals surface area contributed by atoms with E-state index >= 15 is 0 Å². The maximum absolute atomic E-state index is 12.0. The van der Waals surface area contributed by atoms with E-state index in [1.165, 1.54) is 6.08 Å². The second-order valence-corrected chi connectivity index (χ2v) is 4.33. The predicted octanol–water partition coefficient (Wildman–Crippen LogP) is 1.25. The molecule has 0 amide bonds. The molecule has 1 aliphatic rings. The summed E-state index contributed by atoms with van der Waals surface area (Å²) in [7, 11) is 0. The lowest BCUT2D eigenvalue weighted by atomic mass is 9.94. The molecule has 1 aromatic rings. The third-order valence-corrected chi connectivity index (χ3v) is 2.76. The van der Waals surface area contributed by atoms with E-state index < -0.39 is 5.79 Å². The molecule has 0 bridgehead atoms. The number of benzene rings is 1. The molecule has 1 aromatic carbocycles. The van der Waals surface area contributed by atoms with E-state index in [9.17, 15) is 20.1 Å². The molecule has 1 aliphatic carbocycles. The summed E-state index contributed by atoms with van der Waals surface area (Å²) in [4.78, 5) is 12.0. The number of rotatable bonds is 3. The van der Waals surface area contributed by atoms with Gasteiger partial charge < -0.3 is 15.3 Å². The van der Waals surface area contributed by atoms with Crippen LogP contribution in [-0.2, 0) is 11.2 Å². The first kappa shape index (κ1) is 12.5. The Labute approximate surface area is 105 Å². The van der Waals surface area contributed by atoms with Crippen LogP contribution in [0.2, 0.25) is 0 Å². The van der Waals surface area contributed by atoms with Crippen LogP contribution in [-0.4, -0.2) is 26.9 Å². The fraction of sp³-hybridized carbons (Fsp3) is 0.214. The van der Waals surface area contributed by atoms with E-state index in [1.807, 2.05) is 30.3 Å². The van der Waals surface area contributed by atoms with Gasteiger partial charge in [-0.1, -0.05) is 30.3 Å². The second kappa shape index (κ2) is 4.76. The molecule has 18 heavy (non-hydrogen) atoms. The van der Waals surface area contributed by atoms with Gasteiger partial charge in [0, 0.05) is 6.42 Å². The highest BCUT2D eigenvalue weighted by Gasteiger charge is 2.28. The second-order valence-electron chi connectivity index (χ2n) is 4.33. The summed E-state index contributed by atoms with van der Waals surface area (Å²) in [5.41, 5.74) is 0.985. The van der Waals surface area contributed by atoms with Gasteiger partial charge in [0.1, 0.15) is 5.76 Å². The van der Waals surface area contributed by atoms with Gasteiger partial charge in [-0.2, -0.15) is 0 Å². The molecule has 0 radical (unpaired) electrons. The van der Waals surface area contributed by atoms with E-state index in [0.717, 1.165) is 11.6 Å². The Kier molecular flexibility index (Phi) is 3.32. The highest BCUT2D eigenvalue weighted by atomic mass is 16.5. The summed E-state index contributed by atoms with van der Waals surface area (Å²) in [6.45, 7) is 0. The zero-order chi connectivity index (χ0) is 13.2. The molecule has 0 fully saturated rings. The van der Waals surface area contributed by atoms with Crippen molar-refractivity contribution in [1.29, 1.82) is 0 Å². The maximum Gasteiger partial charge on any atom is 0.190 e. The molecule has 3 N–H and O–H groups in total. The largest absolute Gasteiger partial charge is 0.511 e. The number of ketones is 1. The molecule has 0 unspecified atom stereocenters. The molecule has 0 aromatic heterocycles. The van der Waals surface area contributed by atoms with Crippen LogP contribution in [0.25, 0.3) is 0 Å². The van der Waals surface area contributed by atoms with Crippen LogP contribution in [0.15, 0.2) is 53.8 Å². The summed E-state index contributed by atoms with van der Waals surface area (Å²) < 4.78 is 0. The van der Waals surface area contributed by atoms with Gasteiger partial charge in [-0.25, -0.2) is 0 Å². The summed E-state index contributed by atoms with van der Waals surface area (Å²) in [6, 6.07) is 9.17. The molecule has 0 saturated carbocycles. The summed E-state index contributed by atoms with van der Waals surface area (Å²) in [5, 5.41) is 28.2. The smallest absolute Gasteiger partial charge is 0.190 e. The van der Waals surface area contributed by atoms with Gasteiger partial charge >= 0.3 is 0 Å². The number of Topliss-reactive ketones (excluding diaryl/α,β-unsaturated/α-hetero) is 1. The number of allylic oxidation sites excluding steroid dienone is 2. The highest BCUT2D eigenvalue weighted by molar-refractivity contribution is 6.00. The van der Waals surface area contributed by atoms with Crippen molar-refractivity contribution in [3.05, 3.63) is 59.4 Å². The van der Waals surface area contributed by atoms with E-state index in [0.29, 0.717) is 0 Å². The Morgan fingerprint density at radius 3 is 2.50 bits per heavy atom. The summed E-state index contributed by atoms with van der Waals surface area (Å²) in [6.07, 6.45) is 2.17. The Bertz CT molecular complexity index is 512. The van der Waals surface area contributed by atoms with Gasteiger partial charge in [-0.15, -0.1) is 0 Å². The Hall–Kier alpha value is -1.91. The van der Waals surface area contributed by atoms with E-state index in [1.54, 1.807) is 0 Å². The fourth-order valence-electron chi connectivity index (χ4n) is 1.84. The van der Waals surface area contributed by atoms with Crippen molar-refractivity contribution in [1.82, 2.24) is 0 Å². The van der Waals surface area contributed by atoms with E-state index in [4.69, 9.17) is 0 Å². The average Bonchev–Trinajstić information content (AvgIpc) is 2.28. The predicted molar refractivity (Wildman–Crippen MR) is 65.7 cm³/mol. The molecule has 0 saturated heterocycles. The minimum absolute atomic E-state index is 0.137. The third kappa shape index (κ3) is 2.85. The van der Waals surface area contributed by atoms with E-state index in [2.05, 4.69) is 0 Å². The zero-order valence-electron chi connectivity index (χ0n) is 9.71. The van der Waals surface area contributed by atoms with Crippen LogP contribution in [0.5, 0.6) is 0 Å². The van der Waals surface area contributed by atoms with Crippen LogP contribution in [0.3, 0.4) is 0 Å². The number of aliphatic hydroxyl groups is 3. The maximum atomic E-state index is 12.0. The van der Waals surface area contributed by atoms with Gasteiger partial charge in [0.2, 0.25) is 0 Å². The van der Waals surface area contributed by atoms with Gasteiger partial charge in [0.15, 0.2) is 11.6 Å². The van der Waals surface area contributed by atoms with Crippen molar-refractivity contribution in [2.45, 2.75) is 18.6 Å². The first-order chi connectivity index (χ1) is 8.48. The average molecular weight is 246 g/mol. The van der Waals surface area contributed by atoms with Gasteiger partial charge in [0.25, 0.3) is 0 Å². The Balaban J connectivity index is 2.14. The highest BCUT2D eigenvalue weighted by Crippen LogP contribution is 2.24. The zero-order valence-corrected chi connectivity index (χ0v) is 9.71. The summed E-state index contributed by atoms with van der Waals surface area (Å²) >= 11 is 0. The topological polar surface area (TPSA) is 77.8 Å². The molecule has 0 aliphatic heterocycles. The van der Waals surface area contributed by atoms with Crippen molar-refractivity contribution in [3.63, 3.8) is 0 Å². The van der Waals surface area contributed by atoms with Crippen LogP contribution in [0.1, 0.15) is 12.0 Å². The van der Waals surface area contributed by atoms with E-state index in [-0.39, 0.29) is 30.0 Å². The molecule has 4 nitrogen and oxygen atoms in total. The van der Waals surface area contributed by atoms with Crippen LogP contribution < -0.4 is 0 Å². The van der Waals surface area contributed by atoms with Crippen molar-refractivity contribution in [2.24, 2.45) is 0 Å². The molecule has 4 heteroatoms. The van der Waals surface area contributed by atoms with Crippen molar-refractivity contribution < 1.29 is 20.1 Å². The van der Waals surface area contributed by atoms with Gasteiger partial charge in [0.05, 0.1) is 12.0 Å². The molecule has 0 heterocycles. The van der Waals surface area contributed by atoms with Crippen LogP contribution in [0.4, 0.5) is 0 Å². The SMILES string of the molecule is O=C(Cc1ccccc1)C1=C(O)CC(O)(O)C=C1. The quantitative estimate of drug-likeness (QED) is 0.701. The van der Waals surface area contributed by atoms with Gasteiger partial charge in [-0.05, 0) is 17.7 Å². The van der Waals surface area contributed by atoms with Crippen LogP contribution in [0, 0.1) is 0 Å². The number of carbonyl (C=O) groups excluding carboxylic acids is 1. The lowest BCUT2D eigenvalue weighted by molar-refractivity contribution is -0.124. The third-order valence-electron chi connectivity index (χ3n) is 2.76. The lowest BCUT2D eigenvalue weighted by Crippen LogP contribution is -2.29. The molecule has 2 rings (SSSR count). The molecule has 94 valence electrons. The lowest BCUT2D eigenvalue weighted by Gasteiger charge is -2.22. The molecule has 0 spiro atoms. The minimum Gasteiger partial charge on any atom is -0.511 e. The Morgan fingerprint density at radius 1 is 1.22 bits per heavy atom. The van der Waals surface area contributed by atoms with Crippen molar-refractivity contribution in [2.75, 3.05) is 0 Å². The number of carbonyl (C=O) groups is 1. The number of hydrogen-bond donors (Lipinski definition) is 3. The number of hydrogen-bond acceptors (Lipinski definition) is 4. The summed E-state index contributed by atoms with van der Waals surface area (Å²) in [5.74, 6) is -2.60. The first-order valence-corrected chi connectivity index (χ1v) is 5.61. The molecule has 0 atom stereocenters. The van der Waals surface area contributed by atoms with Crippen molar-refractivity contribution >= 4 is 5.78 Å². The Morgan fingerprint density at radius 2 is 1.89 bits per heavy atom. The molecular formula is C14H14O4. The number of aliphatic hydroxyl groups excluding tert-OH is 1. The van der Waals surface area contributed by atoms with Crippen molar-refractivity contribution in [3.8, 4) is 0 Å². The fourth-order valence-corrected chi connectivity index (χ4v) is 1.84. The van der Waals surface area contributed by atoms with Crippen LogP contribution >= 0.6 is 0 Å². The normalized spacial score (nSPS) is 17.9. The standard InChI is InChI=1S/C14H14O4/c15-12(8-10-4-2-1-3-5-10)11-6-7-14(17,18)9-13(11)16/h1-7,16-18H,8-9H2. The van der Waals surface area contributed by atoms with Gasteiger partial charge in [-0.3, -0.25) is 4.79 Å². The first-order valence-electron chi connectivity index (χ1n) is 5.61. The molecular weight excluding hydrogens is 232 g/mol. The minimum atomic E-state index is -2.07. The monoisotopic (exact) mass is 246 g/mol.